The molecule has 0 saturated carbocycles. The van der Waals surface area contributed by atoms with Crippen molar-refractivity contribution in [2.24, 2.45) is 9.98 Å². The Morgan fingerprint density at radius 3 is 1.80 bits per heavy atom. The monoisotopic (exact) mass is 657 g/mol. The second-order valence-electron chi connectivity index (χ2n) is 12.9. The first-order valence-electron chi connectivity index (χ1n) is 17.0. The molecule has 0 fully saturated rings. The molecular formula is C45H27N3O3. The summed E-state index contributed by atoms with van der Waals surface area (Å²) in [6.07, 6.45) is -0.372. The average Bonchev–Trinajstić information content (AvgIpc) is 3.89. The first-order valence-corrected chi connectivity index (χ1v) is 17.0. The van der Waals surface area contributed by atoms with Crippen molar-refractivity contribution in [1.82, 2.24) is 5.32 Å². The minimum absolute atomic E-state index is 0.372. The van der Waals surface area contributed by atoms with Gasteiger partial charge in [0.15, 0.2) is 5.84 Å². The van der Waals surface area contributed by atoms with Crippen molar-refractivity contribution in [3.63, 3.8) is 0 Å². The second kappa shape index (κ2) is 10.8. The quantitative estimate of drug-likeness (QED) is 0.204. The van der Waals surface area contributed by atoms with Gasteiger partial charge < -0.3 is 18.6 Å². The zero-order chi connectivity index (χ0) is 33.5. The Balaban J connectivity index is 1.12. The van der Waals surface area contributed by atoms with E-state index in [1.165, 1.54) is 0 Å². The molecule has 1 aliphatic rings. The lowest BCUT2D eigenvalue weighted by Crippen LogP contribution is -2.33. The molecule has 3 aromatic heterocycles. The third kappa shape index (κ3) is 4.30. The number of benzene rings is 7. The average molecular weight is 658 g/mol. The SMILES string of the molecule is c1ccc(C2N=C(c3cccc4c3oc3ccccc34)N=C(c3cccc4oc5ccc(-c6cccc7c6oc6ccccc67)cc5c34)N2)cc1. The Labute approximate surface area is 291 Å². The highest BCUT2D eigenvalue weighted by molar-refractivity contribution is 6.24. The summed E-state index contributed by atoms with van der Waals surface area (Å²) in [5.41, 5.74) is 9.81. The van der Waals surface area contributed by atoms with Crippen molar-refractivity contribution in [1.29, 1.82) is 0 Å². The summed E-state index contributed by atoms with van der Waals surface area (Å²) in [6.45, 7) is 0. The molecule has 1 aliphatic heterocycles. The summed E-state index contributed by atoms with van der Waals surface area (Å²) in [7, 11) is 0. The fourth-order valence-corrected chi connectivity index (χ4v) is 7.60. The maximum Gasteiger partial charge on any atom is 0.163 e. The number of furan rings is 3. The molecule has 6 heteroatoms. The molecule has 4 heterocycles. The van der Waals surface area contributed by atoms with Gasteiger partial charge in [0.25, 0.3) is 0 Å². The third-order valence-electron chi connectivity index (χ3n) is 9.97. The molecule has 1 N–H and O–H groups in total. The predicted octanol–water partition coefficient (Wildman–Crippen LogP) is 11.5. The van der Waals surface area contributed by atoms with Gasteiger partial charge in [-0.05, 0) is 47.5 Å². The molecule has 1 unspecified atom stereocenters. The maximum absolute atomic E-state index is 6.47. The molecule has 10 aromatic rings. The van der Waals surface area contributed by atoms with Crippen LogP contribution in [0.2, 0.25) is 0 Å². The van der Waals surface area contributed by atoms with Crippen LogP contribution in [-0.2, 0) is 0 Å². The van der Waals surface area contributed by atoms with E-state index in [9.17, 15) is 0 Å². The maximum atomic E-state index is 6.47. The van der Waals surface area contributed by atoms with E-state index in [-0.39, 0.29) is 6.17 Å². The van der Waals surface area contributed by atoms with Gasteiger partial charge in [0.05, 0.1) is 5.56 Å². The number of hydrogen-bond donors (Lipinski definition) is 1. The smallest absolute Gasteiger partial charge is 0.163 e. The number of fused-ring (bicyclic) bond motifs is 9. The number of nitrogens with one attached hydrogen (secondary N) is 1. The van der Waals surface area contributed by atoms with E-state index in [0.29, 0.717) is 11.7 Å². The Hall–Kier alpha value is -6.92. The molecular weight excluding hydrogens is 631 g/mol. The summed E-state index contributed by atoms with van der Waals surface area (Å²) in [5, 5.41) is 9.95. The number of amidine groups is 2. The highest BCUT2D eigenvalue weighted by Crippen LogP contribution is 2.40. The van der Waals surface area contributed by atoms with E-state index in [0.717, 1.165) is 93.6 Å². The Kier molecular flexibility index (Phi) is 5.92. The van der Waals surface area contributed by atoms with Crippen LogP contribution in [-0.4, -0.2) is 11.7 Å². The van der Waals surface area contributed by atoms with Crippen molar-refractivity contribution in [2.45, 2.75) is 6.17 Å². The highest BCUT2D eigenvalue weighted by atomic mass is 16.3. The van der Waals surface area contributed by atoms with Crippen LogP contribution >= 0.6 is 0 Å². The van der Waals surface area contributed by atoms with Crippen LogP contribution in [0.1, 0.15) is 22.9 Å². The van der Waals surface area contributed by atoms with Gasteiger partial charge in [-0.15, -0.1) is 0 Å². The Morgan fingerprint density at radius 2 is 1.04 bits per heavy atom. The zero-order valence-electron chi connectivity index (χ0n) is 27.1. The summed E-state index contributed by atoms with van der Waals surface area (Å²) >= 11 is 0. The van der Waals surface area contributed by atoms with Gasteiger partial charge in [-0.2, -0.15) is 0 Å². The van der Waals surface area contributed by atoms with E-state index < -0.39 is 0 Å². The molecule has 51 heavy (non-hydrogen) atoms. The summed E-state index contributed by atoms with van der Waals surface area (Å²) in [4.78, 5) is 10.4. The van der Waals surface area contributed by atoms with Crippen LogP contribution in [0, 0.1) is 0 Å². The van der Waals surface area contributed by atoms with Crippen LogP contribution in [0.5, 0.6) is 0 Å². The van der Waals surface area contributed by atoms with Gasteiger partial charge in [0, 0.05) is 43.4 Å². The molecule has 6 nitrogen and oxygen atoms in total. The van der Waals surface area contributed by atoms with Gasteiger partial charge in [0.2, 0.25) is 0 Å². The molecule has 0 amide bonds. The van der Waals surface area contributed by atoms with Crippen LogP contribution in [0.25, 0.3) is 76.9 Å². The fraction of sp³-hybridized carbons (Fsp3) is 0.0222. The normalized spacial score (nSPS) is 14.9. The van der Waals surface area contributed by atoms with Crippen LogP contribution in [0.4, 0.5) is 0 Å². The zero-order valence-corrected chi connectivity index (χ0v) is 27.1. The number of aliphatic imine (C=N–C) groups is 2. The molecule has 1 atom stereocenters. The van der Waals surface area contributed by atoms with E-state index in [1.807, 2.05) is 84.9 Å². The minimum Gasteiger partial charge on any atom is -0.456 e. The van der Waals surface area contributed by atoms with Crippen molar-refractivity contribution < 1.29 is 13.3 Å². The van der Waals surface area contributed by atoms with Gasteiger partial charge in [0.1, 0.15) is 45.5 Å². The van der Waals surface area contributed by atoms with Crippen LogP contribution in [0.3, 0.4) is 0 Å². The lowest BCUT2D eigenvalue weighted by atomic mass is 9.98. The molecule has 0 saturated heterocycles. The standard InChI is InChI=1S/C45H27N3O3/c1-2-11-26(12-3-1)43-46-44(48-45(47-43)34-19-9-17-32-30-14-5-7-21-37(30)51-42(32)34)33-18-10-22-39-40(33)35-25-27(23-24-38(35)49-39)28-15-8-16-31-29-13-4-6-20-36(29)50-41(28)31/h1-25,43H,(H,46,47,48). The number of rotatable bonds is 4. The first kappa shape index (κ1) is 28.0. The summed E-state index contributed by atoms with van der Waals surface area (Å²) in [5.74, 6) is 1.31. The van der Waals surface area contributed by atoms with Gasteiger partial charge >= 0.3 is 0 Å². The second-order valence-corrected chi connectivity index (χ2v) is 12.9. The summed E-state index contributed by atoms with van der Waals surface area (Å²) in [6, 6.07) is 51.5. The molecule has 0 radical (unpaired) electrons. The van der Waals surface area contributed by atoms with E-state index in [4.69, 9.17) is 23.2 Å². The molecule has 11 rings (SSSR count). The van der Waals surface area contributed by atoms with Gasteiger partial charge in [-0.1, -0.05) is 115 Å². The lowest BCUT2D eigenvalue weighted by molar-refractivity contribution is 0.662. The molecule has 0 spiro atoms. The van der Waals surface area contributed by atoms with E-state index >= 15 is 0 Å². The Morgan fingerprint density at radius 1 is 0.451 bits per heavy atom. The Bertz CT molecular complexity index is 3070. The number of para-hydroxylation sites is 4. The lowest BCUT2D eigenvalue weighted by Gasteiger charge is -2.24. The highest BCUT2D eigenvalue weighted by Gasteiger charge is 2.26. The van der Waals surface area contributed by atoms with Crippen molar-refractivity contribution in [2.75, 3.05) is 0 Å². The van der Waals surface area contributed by atoms with Crippen molar-refractivity contribution in [3.8, 4) is 11.1 Å². The molecule has 0 aliphatic carbocycles. The van der Waals surface area contributed by atoms with E-state index in [1.54, 1.807) is 0 Å². The number of nitrogens with zero attached hydrogens (tertiary/aromatic N) is 2. The van der Waals surface area contributed by atoms with Crippen LogP contribution < -0.4 is 5.32 Å². The van der Waals surface area contributed by atoms with Gasteiger partial charge in [-0.25, -0.2) is 9.98 Å². The molecule has 7 aromatic carbocycles. The van der Waals surface area contributed by atoms with Crippen molar-refractivity contribution in [3.05, 3.63) is 168 Å². The molecule has 0 bridgehead atoms. The number of hydrogen-bond acceptors (Lipinski definition) is 6. The van der Waals surface area contributed by atoms with Crippen LogP contribution in [0.15, 0.2) is 175 Å². The largest absolute Gasteiger partial charge is 0.456 e. The molecule has 240 valence electrons. The van der Waals surface area contributed by atoms with Gasteiger partial charge in [-0.3, -0.25) is 0 Å². The first-order chi connectivity index (χ1) is 25.3. The fourth-order valence-electron chi connectivity index (χ4n) is 7.60. The third-order valence-corrected chi connectivity index (χ3v) is 9.97. The minimum atomic E-state index is -0.372. The topological polar surface area (TPSA) is 76.2 Å². The predicted molar refractivity (Wildman–Crippen MR) is 206 cm³/mol. The summed E-state index contributed by atoms with van der Waals surface area (Å²) < 4.78 is 19.3. The van der Waals surface area contributed by atoms with E-state index in [2.05, 4.69) is 72.0 Å². The van der Waals surface area contributed by atoms with Crippen molar-refractivity contribution >= 4 is 77.5 Å².